The first kappa shape index (κ1) is 39.2. The van der Waals surface area contributed by atoms with Gasteiger partial charge in [0, 0.05) is 24.2 Å². The van der Waals surface area contributed by atoms with Gasteiger partial charge in [0.25, 0.3) is 0 Å². The Morgan fingerprint density at radius 1 is 0.642 bits per heavy atom. The molecule has 4 aliphatic heterocycles. The van der Waals surface area contributed by atoms with E-state index in [1.54, 1.807) is 0 Å². The highest BCUT2D eigenvalue weighted by atomic mass is 16.8. The number of aliphatic hydroxyl groups is 6. The van der Waals surface area contributed by atoms with E-state index in [4.69, 9.17) is 66.6 Å². The van der Waals surface area contributed by atoms with Gasteiger partial charge in [-0.15, -0.1) is 0 Å². The fraction of sp³-hybridized carbons (Fsp3) is 0.706. The quantitative estimate of drug-likeness (QED) is 0.114. The molecular formula is C34H51N5O14. The number of ether oxygens (including phenoxy) is 8. The normalized spacial score (nSPS) is 47.8. The Bertz CT molecular complexity index is 1530. The van der Waals surface area contributed by atoms with E-state index in [0.29, 0.717) is 0 Å². The van der Waals surface area contributed by atoms with Crippen molar-refractivity contribution >= 4 is 10.8 Å². The third-order valence-corrected chi connectivity index (χ3v) is 10.8. The standard InChI is InChI=1S/C34H51N5O14/c35-9-17-23(42)24(43)20(38)32(47-17)52-28-18(10-40)48-34(26(28)45)53-30-22(41)15(36)8-16(37)27(30)50-33-21(39)25(44)29-19(49-33)11-46-31(51-29)14-6-5-12-3-1-2-4-13(12)7-14/h1-7,15-34,40-45H,8-11,35-39H2/t15-,16+,17?,18-,19-,20-,21-,22+,23-,24-,25-,26-,27+,28-,29-,30-,31?,32-,33-,34+/m1/s1. The van der Waals surface area contributed by atoms with Crippen molar-refractivity contribution in [1.29, 1.82) is 0 Å². The van der Waals surface area contributed by atoms with Crippen molar-refractivity contribution in [2.24, 2.45) is 28.7 Å². The molecule has 19 heteroatoms. The van der Waals surface area contributed by atoms with Gasteiger partial charge in [-0.25, -0.2) is 0 Å². The highest BCUT2D eigenvalue weighted by Gasteiger charge is 2.55. The molecule has 5 fully saturated rings. The Morgan fingerprint density at radius 2 is 1.30 bits per heavy atom. The van der Waals surface area contributed by atoms with E-state index >= 15 is 0 Å². The Hall–Kier alpha value is -2.06. The summed E-state index contributed by atoms with van der Waals surface area (Å²) in [7, 11) is 0. The molecule has 296 valence electrons. The minimum absolute atomic E-state index is 0.0401. The SMILES string of the molecule is NCC1O[C@H](O[C@H]2[C@@H](O)[C@H](O[C@@H]3[C@@H](O)[C@H](N)C[C@H](N)[C@@H]3O[C@H]3O[C@@H]4COC(c5ccc6ccccc6c5)O[C@H]4[C@H](O)[C@H]3N)O[C@@H]2CO)[C@H](N)[C@@H](O)[C@@H]1O. The zero-order chi connectivity index (χ0) is 37.7. The summed E-state index contributed by atoms with van der Waals surface area (Å²) >= 11 is 0. The molecule has 7 rings (SSSR count). The van der Waals surface area contributed by atoms with E-state index in [2.05, 4.69) is 0 Å². The maximum Gasteiger partial charge on any atom is 0.187 e. The largest absolute Gasteiger partial charge is 0.394 e. The number of rotatable bonds is 9. The molecule has 0 spiro atoms. The van der Waals surface area contributed by atoms with Crippen LogP contribution in [0.4, 0.5) is 0 Å². The lowest BCUT2D eigenvalue weighted by Gasteiger charge is -2.49. The molecule has 53 heavy (non-hydrogen) atoms. The lowest BCUT2D eigenvalue weighted by molar-refractivity contribution is -0.356. The van der Waals surface area contributed by atoms with Crippen LogP contribution in [0.2, 0.25) is 0 Å². The molecule has 19 nitrogen and oxygen atoms in total. The van der Waals surface area contributed by atoms with E-state index in [0.717, 1.165) is 16.3 Å². The van der Waals surface area contributed by atoms with Crippen LogP contribution < -0.4 is 28.7 Å². The zero-order valence-electron chi connectivity index (χ0n) is 28.8. The monoisotopic (exact) mass is 753 g/mol. The predicted molar refractivity (Wildman–Crippen MR) is 181 cm³/mol. The Labute approximate surface area is 304 Å². The molecule has 16 N–H and O–H groups in total. The van der Waals surface area contributed by atoms with Gasteiger partial charge in [0.1, 0.15) is 67.1 Å². The molecule has 2 unspecified atom stereocenters. The van der Waals surface area contributed by atoms with Crippen LogP contribution in [-0.2, 0) is 37.9 Å². The van der Waals surface area contributed by atoms with Gasteiger partial charge in [0.2, 0.25) is 0 Å². The zero-order valence-corrected chi connectivity index (χ0v) is 28.8. The van der Waals surface area contributed by atoms with Crippen LogP contribution in [0.3, 0.4) is 0 Å². The second kappa shape index (κ2) is 16.2. The second-order valence-corrected chi connectivity index (χ2v) is 14.4. The fourth-order valence-corrected chi connectivity index (χ4v) is 7.73. The Kier molecular flexibility index (Phi) is 12.0. The van der Waals surface area contributed by atoms with Gasteiger partial charge < -0.3 is 97.2 Å². The molecular weight excluding hydrogens is 702 g/mol. The summed E-state index contributed by atoms with van der Waals surface area (Å²) in [5, 5.41) is 66.7. The average molecular weight is 754 g/mol. The third-order valence-electron chi connectivity index (χ3n) is 10.8. The van der Waals surface area contributed by atoms with Crippen molar-refractivity contribution in [2.75, 3.05) is 19.8 Å². The number of hydrogen-bond donors (Lipinski definition) is 11. The molecule has 1 aliphatic carbocycles. The summed E-state index contributed by atoms with van der Waals surface area (Å²) < 4.78 is 48.0. The number of fused-ring (bicyclic) bond motifs is 2. The molecule has 4 saturated heterocycles. The van der Waals surface area contributed by atoms with Crippen LogP contribution in [0.5, 0.6) is 0 Å². The van der Waals surface area contributed by atoms with Crippen LogP contribution in [0.15, 0.2) is 42.5 Å². The smallest absolute Gasteiger partial charge is 0.187 e. The number of nitrogens with two attached hydrogens (primary N) is 5. The number of aliphatic hydroxyl groups excluding tert-OH is 6. The van der Waals surface area contributed by atoms with Crippen LogP contribution in [0.1, 0.15) is 18.3 Å². The fourth-order valence-electron chi connectivity index (χ4n) is 7.73. The van der Waals surface area contributed by atoms with Gasteiger partial charge in [-0.1, -0.05) is 36.4 Å². The maximum atomic E-state index is 11.4. The minimum atomic E-state index is -1.60. The van der Waals surface area contributed by atoms with E-state index < -0.39 is 129 Å². The van der Waals surface area contributed by atoms with Gasteiger partial charge in [-0.3, -0.25) is 0 Å². The summed E-state index contributed by atoms with van der Waals surface area (Å²) in [6.07, 6.45) is -19.5. The molecule has 2 aromatic rings. The van der Waals surface area contributed by atoms with E-state index in [-0.39, 0.29) is 19.6 Å². The average Bonchev–Trinajstić information content (AvgIpc) is 3.46. The van der Waals surface area contributed by atoms with Crippen molar-refractivity contribution in [2.45, 2.75) is 129 Å². The number of hydrogen-bond acceptors (Lipinski definition) is 19. The molecule has 1 saturated carbocycles. The van der Waals surface area contributed by atoms with Crippen LogP contribution in [-0.4, -0.2) is 167 Å². The third kappa shape index (κ3) is 7.59. The van der Waals surface area contributed by atoms with Crippen LogP contribution >= 0.6 is 0 Å². The van der Waals surface area contributed by atoms with Gasteiger partial charge in [0.05, 0.1) is 31.4 Å². The van der Waals surface area contributed by atoms with Gasteiger partial charge in [0.15, 0.2) is 25.2 Å². The van der Waals surface area contributed by atoms with Crippen molar-refractivity contribution in [3.8, 4) is 0 Å². The van der Waals surface area contributed by atoms with Crippen molar-refractivity contribution in [3.05, 3.63) is 48.0 Å². The summed E-state index contributed by atoms with van der Waals surface area (Å²) in [5.74, 6) is 0. The van der Waals surface area contributed by atoms with Crippen molar-refractivity contribution < 1.29 is 68.5 Å². The lowest BCUT2D eigenvalue weighted by Crippen LogP contribution is -2.69. The highest BCUT2D eigenvalue weighted by molar-refractivity contribution is 5.83. The first-order valence-corrected chi connectivity index (χ1v) is 17.8. The first-order chi connectivity index (χ1) is 25.4. The topological polar surface area (TPSA) is 325 Å². The molecule has 0 amide bonds. The summed E-state index contributed by atoms with van der Waals surface area (Å²) in [6.45, 7) is -0.763. The molecule has 0 aromatic heterocycles. The molecule has 20 atom stereocenters. The van der Waals surface area contributed by atoms with Crippen LogP contribution in [0.25, 0.3) is 10.8 Å². The van der Waals surface area contributed by atoms with E-state index in [1.165, 1.54) is 0 Å². The Balaban J connectivity index is 1.03. The minimum Gasteiger partial charge on any atom is -0.394 e. The highest BCUT2D eigenvalue weighted by Crippen LogP contribution is 2.37. The van der Waals surface area contributed by atoms with Gasteiger partial charge >= 0.3 is 0 Å². The van der Waals surface area contributed by atoms with E-state index in [1.807, 2.05) is 42.5 Å². The van der Waals surface area contributed by atoms with Crippen molar-refractivity contribution in [3.63, 3.8) is 0 Å². The second-order valence-electron chi connectivity index (χ2n) is 14.4. The van der Waals surface area contributed by atoms with Crippen LogP contribution in [0, 0.1) is 0 Å². The molecule has 4 heterocycles. The van der Waals surface area contributed by atoms with Crippen molar-refractivity contribution in [1.82, 2.24) is 0 Å². The molecule has 5 aliphatic rings. The molecule has 0 radical (unpaired) electrons. The van der Waals surface area contributed by atoms with E-state index in [9.17, 15) is 30.6 Å². The molecule has 0 bridgehead atoms. The van der Waals surface area contributed by atoms with Gasteiger partial charge in [-0.05, 0) is 23.3 Å². The molecule has 2 aromatic carbocycles. The lowest BCUT2D eigenvalue weighted by atomic mass is 9.84. The summed E-state index contributed by atoms with van der Waals surface area (Å²) in [5.41, 5.74) is 31.6. The summed E-state index contributed by atoms with van der Waals surface area (Å²) in [4.78, 5) is 0. The Morgan fingerprint density at radius 3 is 2.04 bits per heavy atom. The maximum absolute atomic E-state index is 11.4. The first-order valence-electron chi connectivity index (χ1n) is 17.8. The van der Waals surface area contributed by atoms with Gasteiger partial charge in [-0.2, -0.15) is 0 Å². The summed E-state index contributed by atoms with van der Waals surface area (Å²) in [6, 6.07) is 9.58. The number of benzene rings is 2. The predicted octanol–water partition coefficient (Wildman–Crippen LogP) is -4.95.